The summed E-state index contributed by atoms with van der Waals surface area (Å²) in [6.07, 6.45) is 2.61. The van der Waals surface area contributed by atoms with Crippen LogP contribution in [-0.2, 0) is 4.79 Å². The summed E-state index contributed by atoms with van der Waals surface area (Å²) in [6.45, 7) is 2.64. The largest absolute Gasteiger partial charge is 0.469 e. The van der Waals surface area contributed by atoms with Crippen LogP contribution in [0.4, 0.5) is 0 Å². The molecule has 120 valence electrons. The van der Waals surface area contributed by atoms with E-state index in [9.17, 15) is 4.79 Å². The Balaban J connectivity index is 1.53. The fourth-order valence-electron chi connectivity index (χ4n) is 3.64. The van der Waals surface area contributed by atoms with Crippen molar-refractivity contribution in [2.24, 2.45) is 5.92 Å². The highest BCUT2D eigenvalue weighted by molar-refractivity contribution is 5.83. The predicted molar refractivity (Wildman–Crippen MR) is 87.9 cm³/mol. The van der Waals surface area contributed by atoms with Crippen LogP contribution in [0.25, 0.3) is 0 Å². The molecule has 0 N–H and O–H groups in total. The predicted octanol–water partition coefficient (Wildman–Crippen LogP) is 2.90. The van der Waals surface area contributed by atoms with Gasteiger partial charge in [0, 0.05) is 31.5 Å². The molecule has 1 aliphatic carbocycles. The Bertz CT molecular complexity index is 668. The molecule has 23 heavy (non-hydrogen) atoms. The average Bonchev–Trinajstić information content (AvgIpc) is 3.20. The molecule has 3 atom stereocenters. The Morgan fingerprint density at radius 3 is 2.70 bits per heavy atom. The zero-order chi connectivity index (χ0) is 15.8. The molecule has 1 aromatic carbocycles. The summed E-state index contributed by atoms with van der Waals surface area (Å²) in [7, 11) is 2.13. The van der Waals surface area contributed by atoms with Crippen molar-refractivity contribution in [1.29, 1.82) is 0 Å². The number of carbonyl (C=O) groups is 1. The first-order valence-corrected chi connectivity index (χ1v) is 8.31. The minimum absolute atomic E-state index is 0.0933. The van der Waals surface area contributed by atoms with Gasteiger partial charge in [-0.05, 0) is 31.2 Å². The van der Waals surface area contributed by atoms with Crippen LogP contribution in [0, 0.1) is 5.92 Å². The van der Waals surface area contributed by atoms with Crippen LogP contribution >= 0.6 is 0 Å². The minimum atomic E-state index is 0.0933. The van der Waals surface area contributed by atoms with Crippen LogP contribution in [0.5, 0.6) is 0 Å². The molecule has 2 heterocycles. The van der Waals surface area contributed by atoms with Gasteiger partial charge in [0.15, 0.2) is 0 Å². The Labute approximate surface area is 136 Å². The van der Waals surface area contributed by atoms with Crippen LogP contribution < -0.4 is 0 Å². The van der Waals surface area contributed by atoms with Gasteiger partial charge >= 0.3 is 0 Å². The monoisotopic (exact) mass is 310 g/mol. The van der Waals surface area contributed by atoms with Crippen LogP contribution in [0.1, 0.15) is 29.7 Å². The molecule has 4 heteroatoms. The summed E-state index contributed by atoms with van der Waals surface area (Å²) < 4.78 is 5.47. The number of likely N-dealkylation sites (N-methyl/N-ethyl adjacent to an activating group) is 1. The van der Waals surface area contributed by atoms with Crippen molar-refractivity contribution < 1.29 is 9.21 Å². The number of piperazine rings is 1. The summed E-state index contributed by atoms with van der Waals surface area (Å²) >= 11 is 0. The van der Waals surface area contributed by atoms with Gasteiger partial charge in [0.1, 0.15) is 5.76 Å². The summed E-state index contributed by atoms with van der Waals surface area (Å²) in [5, 5.41) is 0. The van der Waals surface area contributed by atoms with Gasteiger partial charge in [-0.2, -0.15) is 0 Å². The molecule has 2 aliphatic rings. The van der Waals surface area contributed by atoms with Crippen LogP contribution in [0.15, 0.2) is 53.1 Å². The minimum Gasteiger partial charge on any atom is -0.469 e. The molecule has 0 unspecified atom stereocenters. The van der Waals surface area contributed by atoms with E-state index in [2.05, 4.69) is 41.1 Å². The van der Waals surface area contributed by atoms with Crippen LogP contribution in [0.2, 0.25) is 0 Å². The van der Waals surface area contributed by atoms with E-state index < -0.39 is 0 Å². The molecule has 1 saturated carbocycles. The Kier molecular flexibility index (Phi) is 3.69. The second-order valence-electron chi connectivity index (χ2n) is 6.68. The van der Waals surface area contributed by atoms with Gasteiger partial charge in [-0.25, -0.2) is 0 Å². The fourth-order valence-corrected chi connectivity index (χ4v) is 3.64. The number of amides is 1. The summed E-state index contributed by atoms with van der Waals surface area (Å²) in [4.78, 5) is 17.4. The van der Waals surface area contributed by atoms with Gasteiger partial charge < -0.3 is 14.2 Å². The highest BCUT2D eigenvalue weighted by Gasteiger charge is 2.49. The van der Waals surface area contributed by atoms with Crippen molar-refractivity contribution in [3.63, 3.8) is 0 Å². The molecule has 0 bridgehead atoms. The first-order chi connectivity index (χ1) is 11.2. The third-order valence-corrected chi connectivity index (χ3v) is 5.07. The maximum Gasteiger partial charge on any atom is 0.227 e. The third-order valence-electron chi connectivity index (χ3n) is 5.07. The van der Waals surface area contributed by atoms with Gasteiger partial charge in [-0.3, -0.25) is 4.79 Å². The lowest BCUT2D eigenvalue weighted by Crippen LogP contribution is -2.49. The average molecular weight is 310 g/mol. The molecule has 4 nitrogen and oxygen atoms in total. The summed E-state index contributed by atoms with van der Waals surface area (Å²) in [6, 6.07) is 14.4. The number of rotatable bonds is 3. The SMILES string of the molecule is CN1CCN(C(=O)[C@@H]2C[C@@H]2c2ccco2)[C@@H](c2ccccc2)C1. The number of furan rings is 1. The smallest absolute Gasteiger partial charge is 0.227 e. The van der Waals surface area contributed by atoms with Crippen molar-refractivity contribution in [2.75, 3.05) is 26.7 Å². The van der Waals surface area contributed by atoms with E-state index in [0.29, 0.717) is 0 Å². The van der Waals surface area contributed by atoms with E-state index in [1.54, 1.807) is 6.26 Å². The number of nitrogens with zero attached hydrogens (tertiary/aromatic N) is 2. The second-order valence-corrected chi connectivity index (χ2v) is 6.68. The normalized spacial score (nSPS) is 27.9. The van der Waals surface area contributed by atoms with E-state index in [0.717, 1.165) is 31.8 Å². The van der Waals surface area contributed by atoms with Crippen molar-refractivity contribution in [3.8, 4) is 0 Å². The molecular formula is C19H22N2O2. The number of benzene rings is 1. The lowest BCUT2D eigenvalue weighted by molar-refractivity contribution is -0.137. The van der Waals surface area contributed by atoms with Gasteiger partial charge in [0.05, 0.1) is 12.3 Å². The van der Waals surface area contributed by atoms with Gasteiger partial charge in [-0.15, -0.1) is 0 Å². The zero-order valence-corrected chi connectivity index (χ0v) is 13.4. The highest BCUT2D eigenvalue weighted by atomic mass is 16.3. The van der Waals surface area contributed by atoms with Crippen molar-refractivity contribution in [1.82, 2.24) is 9.80 Å². The maximum absolute atomic E-state index is 13.0. The number of hydrogen-bond donors (Lipinski definition) is 0. The zero-order valence-electron chi connectivity index (χ0n) is 13.4. The van der Waals surface area contributed by atoms with Gasteiger partial charge in [0.25, 0.3) is 0 Å². The molecule has 2 aromatic rings. The second kappa shape index (κ2) is 5.85. The Morgan fingerprint density at radius 1 is 1.13 bits per heavy atom. The van der Waals surface area contributed by atoms with E-state index in [1.807, 2.05) is 18.2 Å². The van der Waals surface area contributed by atoms with E-state index in [1.165, 1.54) is 5.56 Å². The van der Waals surface area contributed by atoms with Crippen molar-refractivity contribution in [3.05, 3.63) is 60.1 Å². The molecule has 1 amide bonds. The topological polar surface area (TPSA) is 36.7 Å². The molecule has 1 aliphatic heterocycles. The van der Waals surface area contributed by atoms with Gasteiger partial charge in [0.2, 0.25) is 5.91 Å². The quantitative estimate of drug-likeness (QED) is 0.874. The molecule has 0 spiro atoms. The Morgan fingerprint density at radius 2 is 1.96 bits per heavy atom. The van der Waals surface area contributed by atoms with E-state index in [-0.39, 0.29) is 23.8 Å². The summed E-state index contributed by atoms with van der Waals surface area (Å²) in [5.74, 6) is 1.60. The molecule has 4 rings (SSSR count). The summed E-state index contributed by atoms with van der Waals surface area (Å²) in [5.41, 5.74) is 1.22. The van der Waals surface area contributed by atoms with Crippen molar-refractivity contribution in [2.45, 2.75) is 18.4 Å². The molecular weight excluding hydrogens is 288 g/mol. The van der Waals surface area contributed by atoms with E-state index in [4.69, 9.17) is 4.42 Å². The lowest BCUT2D eigenvalue weighted by Gasteiger charge is -2.40. The van der Waals surface area contributed by atoms with Gasteiger partial charge in [-0.1, -0.05) is 30.3 Å². The van der Waals surface area contributed by atoms with Crippen molar-refractivity contribution >= 4 is 5.91 Å². The lowest BCUT2D eigenvalue weighted by atomic mass is 10.0. The fraction of sp³-hybridized carbons (Fsp3) is 0.421. The first kappa shape index (κ1) is 14.5. The van der Waals surface area contributed by atoms with Crippen LogP contribution in [-0.4, -0.2) is 42.4 Å². The Hall–Kier alpha value is -2.07. The molecule has 1 aromatic heterocycles. The standard InChI is InChI=1S/C19H22N2O2/c1-20-9-10-21(17(13-20)14-6-3-2-4-7-14)19(22)16-12-15(16)18-8-5-11-23-18/h2-8,11,15-17H,9-10,12-13H2,1H3/t15-,16+,17+/m0/s1. The highest BCUT2D eigenvalue weighted by Crippen LogP contribution is 2.49. The third kappa shape index (κ3) is 2.79. The molecule has 2 fully saturated rings. The van der Waals surface area contributed by atoms with E-state index >= 15 is 0 Å². The molecule has 0 radical (unpaired) electrons. The maximum atomic E-state index is 13.0. The molecule has 1 saturated heterocycles. The first-order valence-electron chi connectivity index (χ1n) is 8.31. The number of hydrogen-bond acceptors (Lipinski definition) is 3. The van der Waals surface area contributed by atoms with Crippen LogP contribution in [0.3, 0.4) is 0 Å². The number of carbonyl (C=O) groups excluding carboxylic acids is 1.